The molecule has 78 valence electrons. The van der Waals surface area contributed by atoms with Gasteiger partial charge in [-0.05, 0) is 24.1 Å². The Balaban J connectivity index is 1.83. The van der Waals surface area contributed by atoms with E-state index in [1.54, 1.807) is 29.7 Å². The lowest BCUT2D eigenvalue weighted by atomic mass is 10.1. The van der Waals surface area contributed by atoms with E-state index in [0.717, 1.165) is 23.7 Å². The fourth-order valence-electron chi connectivity index (χ4n) is 1.32. The van der Waals surface area contributed by atoms with Crippen molar-refractivity contribution in [2.75, 3.05) is 11.9 Å². The van der Waals surface area contributed by atoms with Gasteiger partial charge in [0.1, 0.15) is 5.82 Å². The number of benzene rings is 1. The van der Waals surface area contributed by atoms with Crippen LogP contribution in [-0.4, -0.2) is 11.5 Å². The van der Waals surface area contributed by atoms with Crippen LogP contribution in [0, 0.1) is 5.82 Å². The quantitative estimate of drug-likeness (QED) is 0.860. The van der Waals surface area contributed by atoms with Crippen LogP contribution in [-0.2, 0) is 6.42 Å². The van der Waals surface area contributed by atoms with E-state index < -0.39 is 0 Å². The summed E-state index contributed by atoms with van der Waals surface area (Å²) in [6.45, 7) is 0.775. The zero-order valence-electron chi connectivity index (χ0n) is 8.11. The molecule has 0 amide bonds. The lowest BCUT2D eigenvalue weighted by molar-refractivity contribution is 0.625. The minimum atomic E-state index is -0.179. The van der Waals surface area contributed by atoms with E-state index in [0.29, 0.717) is 0 Å². The van der Waals surface area contributed by atoms with Crippen molar-refractivity contribution < 1.29 is 4.39 Å². The molecule has 0 saturated carbocycles. The Bertz CT molecular complexity index is 414. The van der Waals surface area contributed by atoms with E-state index in [-0.39, 0.29) is 5.82 Å². The highest BCUT2D eigenvalue weighted by Gasteiger charge is 1.96. The number of hydrogen-bond donors (Lipinski definition) is 1. The van der Waals surface area contributed by atoms with Crippen LogP contribution < -0.4 is 5.32 Å². The van der Waals surface area contributed by atoms with Crippen LogP contribution in [0.4, 0.5) is 9.52 Å². The van der Waals surface area contributed by atoms with E-state index in [2.05, 4.69) is 10.3 Å². The number of hydrogen-bond acceptors (Lipinski definition) is 3. The third kappa shape index (κ3) is 3.02. The van der Waals surface area contributed by atoms with Gasteiger partial charge in [-0.3, -0.25) is 0 Å². The second-order valence-corrected chi connectivity index (χ2v) is 4.04. The number of aromatic nitrogens is 1. The highest BCUT2D eigenvalue weighted by Crippen LogP contribution is 2.10. The van der Waals surface area contributed by atoms with Gasteiger partial charge in [0.15, 0.2) is 5.13 Å². The highest BCUT2D eigenvalue weighted by atomic mass is 32.1. The fourth-order valence-corrected chi connectivity index (χ4v) is 1.87. The van der Waals surface area contributed by atoms with Crippen LogP contribution in [0.1, 0.15) is 5.56 Å². The predicted octanol–water partition coefficient (Wildman–Crippen LogP) is 2.94. The van der Waals surface area contributed by atoms with E-state index >= 15 is 0 Å². The Labute approximate surface area is 91.8 Å². The van der Waals surface area contributed by atoms with E-state index in [9.17, 15) is 4.39 Å². The Kier molecular flexibility index (Phi) is 3.29. The SMILES string of the molecule is Fc1cccc(CCNc2nccs2)c1. The number of anilines is 1. The molecule has 0 unspecified atom stereocenters. The third-order valence-electron chi connectivity index (χ3n) is 2.01. The lowest BCUT2D eigenvalue weighted by Gasteiger charge is -2.02. The van der Waals surface area contributed by atoms with Crippen molar-refractivity contribution in [2.45, 2.75) is 6.42 Å². The molecular formula is C11H11FN2S. The second-order valence-electron chi connectivity index (χ2n) is 3.14. The zero-order valence-corrected chi connectivity index (χ0v) is 8.93. The molecule has 1 heterocycles. The Morgan fingerprint density at radius 3 is 3.07 bits per heavy atom. The van der Waals surface area contributed by atoms with Crippen LogP contribution in [0.5, 0.6) is 0 Å². The fraction of sp³-hybridized carbons (Fsp3) is 0.182. The first-order chi connectivity index (χ1) is 7.34. The zero-order chi connectivity index (χ0) is 10.5. The molecule has 0 bridgehead atoms. The van der Waals surface area contributed by atoms with Crippen molar-refractivity contribution in [1.82, 2.24) is 4.98 Å². The molecule has 15 heavy (non-hydrogen) atoms. The van der Waals surface area contributed by atoms with Gasteiger partial charge in [0.2, 0.25) is 0 Å². The summed E-state index contributed by atoms with van der Waals surface area (Å²) in [4.78, 5) is 4.10. The molecule has 0 aliphatic carbocycles. The number of nitrogens with one attached hydrogen (secondary N) is 1. The van der Waals surface area contributed by atoms with Crippen molar-refractivity contribution in [3.8, 4) is 0 Å². The summed E-state index contributed by atoms with van der Waals surface area (Å²) in [6.07, 6.45) is 2.56. The van der Waals surface area contributed by atoms with Crippen molar-refractivity contribution in [1.29, 1.82) is 0 Å². The largest absolute Gasteiger partial charge is 0.361 e. The van der Waals surface area contributed by atoms with Gasteiger partial charge in [0.25, 0.3) is 0 Å². The van der Waals surface area contributed by atoms with Crippen molar-refractivity contribution in [3.63, 3.8) is 0 Å². The summed E-state index contributed by atoms with van der Waals surface area (Å²) in [7, 11) is 0. The number of nitrogens with zero attached hydrogens (tertiary/aromatic N) is 1. The van der Waals surface area contributed by atoms with Crippen molar-refractivity contribution >= 4 is 16.5 Å². The van der Waals surface area contributed by atoms with E-state index in [1.807, 2.05) is 11.4 Å². The van der Waals surface area contributed by atoms with Gasteiger partial charge in [-0.1, -0.05) is 12.1 Å². The molecule has 0 aliphatic rings. The van der Waals surface area contributed by atoms with Crippen molar-refractivity contribution in [3.05, 3.63) is 47.2 Å². The number of rotatable bonds is 4. The number of thiazole rings is 1. The molecule has 2 rings (SSSR count). The Hall–Kier alpha value is -1.42. The smallest absolute Gasteiger partial charge is 0.182 e. The van der Waals surface area contributed by atoms with Crippen molar-refractivity contribution in [2.24, 2.45) is 0 Å². The van der Waals surface area contributed by atoms with Gasteiger partial charge >= 0.3 is 0 Å². The van der Waals surface area contributed by atoms with Gasteiger partial charge in [-0.25, -0.2) is 9.37 Å². The summed E-state index contributed by atoms with van der Waals surface area (Å²) in [5.41, 5.74) is 0.999. The van der Waals surface area contributed by atoms with E-state index in [1.165, 1.54) is 6.07 Å². The molecule has 1 aromatic carbocycles. The van der Waals surface area contributed by atoms with Gasteiger partial charge in [0.05, 0.1) is 0 Å². The molecule has 0 aliphatic heterocycles. The topological polar surface area (TPSA) is 24.9 Å². The first-order valence-electron chi connectivity index (χ1n) is 4.72. The van der Waals surface area contributed by atoms with Crippen LogP contribution in [0.2, 0.25) is 0 Å². The molecule has 0 spiro atoms. The summed E-state index contributed by atoms with van der Waals surface area (Å²) < 4.78 is 12.8. The highest BCUT2D eigenvalue weighted by molar-refractivity contribution is 7.13. The van der Waals surface area contributed by atoms with Crippen LogP contribution in [0.3, 0.4) is 0 Å². The summed E-state index contributed by atoms with van der Waals surface area (Å²) >= 11 is 1.56. The average molecular weight is 222 g/mol. The van der Waals surface area contributed by atoms with E-state index in [4.69, 9.17) is 0 Å². The summed E-state index contributed by atoms with van der Waals surface area (Å²) in [5.74, 6) is -0.179. The van der Waals surface area contributed by atoms with Gasteiger partial charge in [0, 0.05) is 18.1 Å². The monoisotopic (exact) mass is 222 g/mol. The minimum absolute atomic E-state index is 0.179. The molecule has 2 nitrogen and oxygen atoms in total. The molecule has 0 fully saturated rings. The molecule has 1 N–H and O–H groups in total. The average Bonchev–Trinajstić information content (AvgIpc) is 2.71. The standard InChI is InChI=1S/C11H11FN2S/c12-10-3-1-2-9(8-10)4-5-13-11-14-6-7-15-11/h1-3,6-8H,4-5H2,(H,13,14). The molecule has 0 radical (unpaired) electrons. The molecule has 2 aromatic rings. The van der Waals surface area contributed by atoms with Crippen LogP contribution >= 0.6 is 11.3 Å². The lowest BCUT2D eigenvalue weighted by Crippen LogP contribution is -2.04. The summed E-state index contributed by atoms with van der Waals surface area (Å²) in [5, 5.41) is 6.01. The maximum Gasteiger partial charge on any atom is 0.182 e. The van der Waals surface area contributed by atoms with Gasteiger partial charge < -0.3 is 5.32 Å². The Morgan fingerprint density at radius 2 is 2.33 bits per heavy atom. The van der Waals surface area contributed by atoms with Crippen LogP contribution in [0.25, 0.3) is 0 Å². The van der Waals surface area contributed by atoms with Crippen LogP contribution in [0.15, 0.2) is 35.8 Å². The summed E-state index contributed by atoms with van der Waals surface area (Å²) in [6, 6.07) is 6.67. The Morgan fingerprint density at radius 1 is 1.40 bits per heavy atom. The molecular weight excluding hydrogens is 211 g/mol. The second kappa shape index (κ2) is 4.89. The minimum Gasteiger partial charge on any atom is -0.361 e. The van der Waals surface area contributed by atoms with Gasteiger partial charge in [-0.15, -0.1) is 11.3 Å². The molecule has 4 heteroatoms. The third-order valence-corrected chi connectivity index (χ3v) is 2.74. The first-order valence-corrected chi connectivity index (χ1v) is 5.60. The maximum absolute atomic E-state index is 12.8. The first kappa shape index (κ1) is 10.1. The molecule has 0 atom stereocenters. The normalized spacial score (nSPS) is 10.2. The molecule has 1 aromatic heterocycles. The van der Waals surface area contributed by atoms with Gasteiger partial charge in [-0.2, -0.15) is 0 Å². The number of halogens is 1. The molecule has 0 saturated heterocycles. The predicted molar refractivity (Wildman–Crippen MR) is 60.7 cm³/mol. The maximum atomic E-state index is 12.8.